The summed E-state index contributed by atoms with van der Waals surface area (Å²) in [6.07, 6.45) is 1.88. The molecule has 0 aromatic heterocycles. The molecule has 3 atom stereocenters. The molecule has 0 spiro atoms. The summed E-state index contributed by atoms with van der Waals surface area (Å²) < 4.78 is 4.95. The van der Waals surface area contributed by atoms with Gasteiger partial charge in [0.05, 0.1) is 7.11 Å². The van der Waals surface area contributed by atoms with E-state index in [0.29, 0.717) is 12.1 Å². The fourth-order valence-corrected chi connectivity index (χ4v) is 2.84. The number of hydrogen-bond acceptors (Lipinski definition) is 4. The molecule has 0 bridgehead atoms. The van der Waals surface area contributed by atoms with E-state index in [2.05, 4.69) is 37.9 Å². The maximum atomic E-state index is 12.0. The van der Waals surface area contributed by atoms with Crippen molar-refractivity contribution in [1.82, 2.24) is 10.2 Å². The highest BCUT2D eigenvalue weighted by molar-refractivity contribution is 5.80. The summed E-state index contributed by atoms with van der Waals surface area (Å²) in [6, 6.07) is 0.867. The van der Waals surface area contributed by atoms with Crippen LogP contribution in [0.15, 0.2) is 0 Å². The van der Waals surface area contributed by atoms with E-state index in [0.717, 1.165) is 25.9 Å². The lowest BCUT2D eigenvalue weighted by Crippen LogP contribution is -2.54. The number of methoxy groups -OCH3 is 1. The van der Waals surface area contributed by atoms with Gasteiger partial charge in [-0.25, -0.2) is 0 Å². The molecular formula is C15H32N2O2. The van der Waals surface area contributed by atoms with E-state index in [9.17, 15) is 4.79 Å². The molecular weight excluding hydrogens is 240 g/mol. The van der Waals surface area contributed by atoms with Gasteiger partial charge >= 0.3 is 5.97 Å². The van der Waals surface area contributed by atoms with Crippen molar-refractivity contribution in [3.63, 3.8) is 0 Å². The summed E-state index contributed by atoms with van der Waals surface area (Å²) in [7, 11) is 1.45. The third kappa shape index (κ3) is 5.11. The summed E-state index contributed by atoms with van der Waals surface area (Å²) in [5.41, 5.74) is -0.607. The standard InChI is InChI=1S/C15H32N2O2/c1-8-12(4)17(10-3)13(5)11-15(6,16-9-2)14(18)19-7/h12-13,16H,8-11H2,1-7H3. The number of ether oxygens (including phenoxy) is 1. The minimum Gasteiger partial charge on any atom is -0.468 e. The molecule has 0 radical (unpaired) electrons. The summed E-state index contributed by atoms with van der Waals surface area (Å²) in [5.74, 6) is -0.179. The summed E-state index contributed by atoms with van der Waals surface area (Å²) in [6.45, 7) is 14.5. The molecule has 114 valence electrons. The highest BCUT2D eigenvalue weighted by Crippen LogP contribution is 2.20. The van der Waals surface area contributed by atoms with Crippen LogP contribution in [-0.2, 0) is 9.53 Å². The zero-order valence-corrected chi connectivity index (χ0v) is 13.7. The van der Waals surface area contributed by atoms with Crippen LogP contribution < -0.4 is 5.32 Å². The van der Waals surface area contributed by atoms with Gasteiger partial charge in [-0.1, -0.05) is 20.8 Å². The molecule has 4 heteroatoms. The Kier molecular flexibility index (Phi) is 8.26. The first-order valence-electron chi connectivity index (χ1n) is 7.45. The number of rotatable bonds is 9. The van der Waals surface area contributed by atoms with Crippen LogP contribution in [0.25, 0.3) is 0 Å². The first-order chi connectivity index (χ1) is 8.86. The smallest absolute Gasteiger partial charge is 0.325 e. The molecule has 3 unspecified atom stereocenters. The fraction of sp³-hybridized carbons (Fsp3) is 0.933. The zero-order valence-electron chi connectivity index (χ0n) is 13.7. The van der Waals surface area contributed by atoms with E-state index in [1.165, 1.54) is 7.11 Å². The molecule has 0 aromatic carbocycles. The van der Waals surface area contributed by atoms with E-state index in [-0.39, 0.29) is 5.97 Å². The summed E-state index contributed by atoms with van der Waals surface area (Å²) >= 11 is 0. The molecule has 0 heterocycles. The van der Waals surface area contributed by atoms with Gasteiger partial charge < -0.3 is 10.1 Å². The predicted octanol–water partition coefficient (Wildman–Crippen LogP) is 2.43. The van der Waals surface area contributed by atoms with Crippen LogP contribution in [-0.4, -0.2) is 48.7 Å². The van der Waals surface area contributed by atoms with Crippen molar-refractivity contribution in [3.05, 3.63) is 0 Å². The lowest BCUT2D eigenvalue weighted by Gasteiger charge is -2.38. The van der Waals surface area contributed by atoms with Crippen molar-refractivity contribution in [3.8, 4) is 0 Å². The van der Waals surface area contributed by atoms with Gasteiger partial charge in [0.1, 0.15) is 5.54 Å². The Morgan fingerprint density at radius 1 is 1.26 bits per heavy atom. The van der Waals surface area contributed by atoms with Gasteiger partial charge in [-0.05, 0) is 46.7 Å². The Labute approximate surface area is 118 Å². The minimum atomic E-state index is -0.607. The van der Waals surface area contributed by atoms with Crippen molar-refractivity contribution in [1.29, 1.82) is 0 Å². The molecule has 4 nitrogen and oxygen atoms in total. The Morgan fingerprint density at radius 3 is 2.21 bits per heavy atom. The molecule has 0 saturated carbocycles. The molecule has 0 aromatic rings. The number of likely N-dealkylation sites (N-methyl/N-ethyl adjacent to an activating group) is 1. The zero-order chi connectivity index (χ0) is 15.1. The van der Waals surface area contributed by atoms with Crippen molar-refractivity contribution in [2.24, 2.45) is 0 Å². The van der Waals surface area contributed by atoms with Crippen LogP contribution in [0, 0.1) is 0 Å². The quantitative estimate of drug-likeness (QED) is 0.655. The van der Waals surface area contributed by atoms with Crippen molar-refractivity contribution < 1.29 is 9.53 Å². The molecule has 1 N–H and O–H groups in total. The molecule has 0 fully saturated rings. The summed E-state index contributed by atoms with van der Waals surface area (Å²) in [4.78, 5) is 14.4. The monoisotopic (exact) mass is 272 g/mol. The normalized spacial score (nSPS) is 17.9. The SMILES string of the molecule is CCNC(C)(CC(C)N(CC)C(C)CC)C(=O)OC. The second kappa shape index (κ2) is 8.54. The maximum absolute atomic E-state index is 12.0. The van der Waals surface area contributed by atoms with Crippen LogP contribution in [0.4, 0.5) is 0 Å². The number of nitrogens with zero attached hydrogens (tertiary/aromatic N) is 1. The van der Waals surface area contributed by atoms with Gasteiger partial charge in [-0.3, -0.25) is 9.69 Å². The minimum absolute atomic E-state index is 0.179. The number of hydrogen-bond donors (Lipinski definition) is 1. The third-order valence-corrected chi connectivity index (χ3v) is 3.99. The number of nitrogens with one attached hydrogen (secondary N) is 1. The highest BCUT2D eigenvalue weighted by Gasteiger charge is 2.36. The van der Waals surface area contributed by atoms with Crippen LogP contribution >= 0.6 is 0 Å². The Bertz CT molecular complexity index is 271. The van der Waals surface area contributed by atoms with Gasteiger partial charge in [0.25, 0.3) is 0 Å². The molecule has 0 saturated heterocycles. The Morgan fingerprint density at radius 2 is 1.84 bits per heavy atom. The van der Waals surface area contributed by atoms with E-state index < -0.39 is 5.54 Å². The molecule has 0 aliphatic carbocycles. The molecule has 0 amide bonds. The number of carbonyl (C=O) groups is 1. The highest BCUT2D eigenvalue weighted by atomic mass is 16.5. The van der Waals surface area contributed by atoms with E-state index in [4.69, 9.17) is 4.74 Å². The van der Waals surface area contributed by atoms with Crippen molar-refractivity contribution in [2.75, 3.05) is 20.2 Å². The van der Waals surface area contributed by atoms with Gasteiger partial charge in [0.2, 0.25) is 0 Å². The first-order valence-corrected chi connectivity index (χ1v) is 7.45. The predicted molar refractivity (Wildman–Crippen MR) is 80.3 cm³/mol. The average Bonchev–Trinajstić information content (AvgIpc) is 2.38. The van der Waals surface area contributed by atoms with Crippen molar-refractivity contribution in [2.45, 2.75) is 72.0 Å². The van der Waals surface area contributed by atoms with E-state index in [1.807, 2.05) is 13.8 Å². The van der Waals surface area contributed by atoms with E-state index >= 15 is 0 Å². The second-order valence-corrected chi connectivity index (χ2v) is 5.49. The van der Waals surface area contributed by atoms with Gasteiger partial charge in [-0.2, -0.15) is 0 Å². The Balaban J connectivity index is 4.87. The third-order valence-electron chi connectivity index (χ3n) is 3.99. The van der Waals surface area contributed by atoms with Crippen LogP contribution in [0.5, 0.6) is 0 Å². The van der Waals surface area contributed by atoms with Gasteiger partial charge in [-0.15, -0.1) is 0 Å². The maximum Gasteiger partial charge on any atom is 0.325 e. The molecule has 0 aliphatic rings. The van der Waals surface area contributed by atoms with Gasteiger partial charge in [0.15, 0.2) is 0 Å². The van der Waals surface area contributed by atoms with Crippen molar-refractivity contribution >= 4 is 5.97 Å². The lowest BCUT2D eigenvalue weighted by molar-refractivity contribution is -0.148. The van der Waals surface area contributed by atoms with Gasteiger partial charge in [0, 0.05) is 12.1 Å². The van der Waals surface area contributed by atoms with Crippen LogP contribution in [0.1, 0.15) is 54.4 Å². The first kappa shape index (κ1) is 18.4. The summed E-state index contributed by atoms with van der Waals surface area (Å²) in [5, 5.41) is 3.28. The fourth-order valence-electron chi connectivity index (χ4n) is 2.84. The largest absolute Gasteiger partial charge is 0.468 e. The van der Waals surface area contributed by atoms with Crippen LogP contribution in [0.3, 0.4) is 0 Å². The van der Waals surface area contributed by atoms with E-state index in [1.54, 1.807) is 0 Å². The average molecular weight is 272 g/mol. The second-order valence-electron chi connectivity index (χ2n) is 5.49. The number of carbonyl (C=O) groups excluding carboxylic acids is 1. The molecule has 0 rings (SSSR count). The number of esters is 1. The lowest BCUT2D eigenvalue weighted by atomic mass is 9.92. The van der Waals surface area contributed by atoms with Crippen LogP contribution in [0.2, 0.25) is 0 Å². The molecule has 0 aliphatic heterocycles. The molecule has 19 heavy (non-hydrogen) atoms. The topological polar surface area (TPSA) is 41.6 Å². The Hall–Kier alpha value is -0.610.